The summed E-state index contributed by atoms with van der Waals surface area (Å²) in [5.41, 5.74) is 0.0571. The maximum atomic E-state index is 13.1. The van der Waals surface area contributed by atoms with E-state index in [1.54, 1.807) is 31.2 Å². The van der Waals surface area contributed by atoms with Crippen LogP contribution in [-0.2, 0) is 11.0 Å². The number of rotatable bonds is 5. The molecule has 0 spiro atoms. The van der Waals surface area contributed by atoms with Crippen molar-refractivity contribution in [2.45, 2.75) is 19.5 Å². The number of hydrogen-bond donors (Lipinski definition) is 2. The number of halogens is 4. The Hall–Kier alpha value is -2.72. The molecule has 2 rings (SSSR count). The Kier molecular flexibility index (Phi) is 6.11. The molecule has 0 saturated carbocycles. The van der Waals surface area contributed by atoms with Crippen LogP contribution in [0.15, 0.2) is 36.4 Å². The number of anilines is 2. The van der Waals surface area contributed by atoms with E-state index in [2.05, 4.69) is 10.6 Å². The van der Waals surface area contributed by atoms with E-state index in [4.69, 9.17) is 16.9 Å². The predicted molar refractivity (Wildman–Crippen MR) is 94.1 cm³/mol. The largest absolute Gasteiger partial charge is 0.418 e. The third kappa shape index (κ3) is 4.90. The average molecular weight is 382 g/mol. The molecule has 0 saturated heterocycles. The van der Waals surface area contributed by atoms with Crippen LogP contribution in [0, 0.1) is 18.3 Å². The minimum atomic E-state index is -4.60. The van der Waals surface area contributed by atoms with Gasteiger partial charge in [0.25, 0.3) is 0 Å². The summed E-state index contributed by atoms with van der Waals surface area (Å²) >= 11 is 5.97. The van der Waals surface area contributed by atoms with E-state index in [0.29, 0.717) is 16.3 Å². The van der Waals surface area contributed by atoms with Gasteiger partial charge in [-0.05, 0) is 42.8 Å². The summed E-state index contributed by atoms with van der Waals surface area (Å²) in [5.74, 6) is -0.356. The summed E-state index contributed by atoms with van der Waals surface area (Å²) < 4.78 is 39.2. The molecule has 0 aliphatic rings. The van der Waals surface area contributed by atoms with Crippen LogP contribution in [0.2, 0.25) is 5.02 Å². The average Bonchev–Trinajstić information content (AvgIpc) is 2.58. The van der Waals surface area contributed by atoms with E-state index in [-0.39, 0.29) is 30.1 Å². The predicted octanol–water partition coefficient (Wildman–Crippen LogP) is 4.98. The van der Waals surface area contributed by atoms with Gasteiger partial charge in [0, 0.05) is 29.4 Å². The first kappa shape index (κ1) is 19.6. The standard InChI is InChI=1S/C18H15ClF3N3O/c1-11-14(19)3-2-4-15(11)25-17(26)7-8-24-16-6-5-12(10-23)9-13(16)18(20,21)22/h2-6,9,24H,7-8H2,1H3,(H,25,26). The van der Waals surface area contributed by atoms with Crippen molar-refractivity contribution in [2.75, 3.05) is 17.2 Å². The van der Waals surface area contributed by atoms with Gasteiger partial charge in [-0.15, -0.1) is 0 Å². The van der Waals surface area contributed by atoms with Gasteiger partial charge >= 0.3 is 6.18 Å². The molecule has 0 aliphatic heterocycles. The van der Waals surface area contributed by atoms with Gasteiger partial charge in [-0.3, -0.25) is 4.79 Å². The van der Waals surface area contributed by atoms with Crippen LogP contribution >= 0.6 is 11.6 Å². The fourth-order valence-corrected chi connectivity index (χ4v) is 2.44. The number of nitrogens with zero attached hydrogens (tertiary/aromatic N) is 1. The summed E-state index contributed by atoms with van der Waals surface area (Å²) in [7, 11) is 0. The molecule has 0 atom stereocenters. The molecule has 26 heavy (non-hydrogen) atoms. The minimum absolute atomic E-state index is 0.000424. The van der Waals surface area contributed by atoms with Crippen molar-refractivity contribution in [3.8, 4) is 6.07 Å². The van der Waals surface area contributed by atoms with Crippen molar-refractivity contribution in [3.05, 3.63) is 58.1 Å². The molecule has 0 heterocycles. The lowest BCUT2D eigenvalue weighted by Crippen LogP contribution is -2.18. The van der Waals surface area contributed by atoms with Crippen LogP contribution in [0.4, 0.5) is 24.5 Å². The Labute approximate surface area is 153 Å². The van der Waals surface area contributed by atoms with Crippen molar-refractivity contribution in [3.63, 3.8) is 0 Å². The zero-order valence-corrected chi connectivity index (χ0v) is 14.5. The zero-order valence-electron chi connectivity index (χ0n) is 13.7. The summed E-state index contributed by atoms with van der Waals surface area (Å²) in [6.07, 6.45) is -4.64. The van der Waals surface area contributed by atoms with Gasteiger partial charge in [-0.25, -0.2) is 0 Å². The quantitative estimate of drug-likeness (QED) is 0.767. The van der Waals surface area contributed by atoms with E-state index in [0.717, 1.165) is 6.07 Å². The van der Waals surface area contributed by atoms with E-state index >= 15 is 0 Å². The smallest absolute Gasteiger partial charge is 0.384 e. The van der Waals surface area contributed by atoms with Gasteiger partial charge in [0.15, 0.2) is 0 Å². The second-order valence-electron chi connectivity index (χ2n) is 5.51. The van der Waals surface area contributed by atoms with E-state index in [1.807, 2.05) is 0 Å². The van der Waals surface area contributed by atoms with E-state index < -0.39 is 11.7 Å². The van der Waals surface area contributed by atoms with Crippen LogP contribution in [0.25, 0.3) is 0 Å². The lowest BCUT2D eigenvalue weighted by atomic mass is 10.1. The SMILES string of the molecule is Cc1c(Cl)cccc1NC(=O)CCNc1ccc(C#N)cc1C(F)(F)F. The third-order valence-corrected chi connectivity index (χ3v) is 4.07. The Morgan fingerprint density at radius 3 is 2.62 bits per heavy atom. The second kappa shape index (κ2) is 8.11. The number of carbonyl (C=O) groups is 1. The molecule has 0 aromatic heterocycles. The Balaban J connectivity index is 2.00. The number of nitrogens with one attached hydrogen (secondary N) is 2. The van der Waals surface area contributed by atoms with Gasteiger partial charge in [0.2, 0.25) is 5.91 Å². The van der Waals surface area contributed by atoms with Crippen LogP contribution in [0.1, 0.15) is 23.1 Å². The molecular weight excluding hydrogens is 367 g/mol. The highest BCUT2D eigenvalue weighted by Gasteiger charge is 2.33. The van der Waals surface area contributed by atoms with E-state index in [1.165, 1.54) is 12.1 Å². The molecule has 136 valence electrons. The molecule has 4 nitrogen and oxygen atoms in total. The number of hydrogen-bond acceptors (Lipinski definition) is 3. The number of benzene rings is 2. The van der Waals surface area contributed by atoms with Gasteiger partial charge in [-0.1, -0.05) is 17.7 Å². The summed E-state index contributed by atoms with van der Waals surface area (Å²) in [6.45, 7) is 1.75. The normalized spacial score (nSPS) is 10.9. The second-order valence-corrected chi connectivity index (χ2v) is 5.91. The molecule has 8 heteroatoms. The highest BCUT2D eigenvalue weighted by molar-refractivity contribution is 6.31. The topological polar surface area (TPSA) is 64.9 Å². The highest BCUT2D eigenvalue weighted by atomic mass is 35.5. The first-order chi connectivity index (χ1) is 12.2. The van der Waals surface area contributed by atoms with Gasteiger partial charge in [0.1, 0.15) is 0 Å². The fraction of sp³-hybridized carbons (Fsp3) is 0.222. The van der Waals surface area contributed by atoms with Crippen molar-refractivity contribution < 1.29 is 18.0 Å². The minimum Gasteiger partial charge on any atom is -0.384 e. The van der Waals surface area contributed by atoms with Crippen molar-refractivity contribution >= 4 is 28.9 Å². The van der Waals surface area contributed by atoms with Crippen LogP contribution in [-0.4, -0.2) is 12.5 Å². The monoisotopic (exact) mass is 381 g/mol. The van der Waals surface area contributed by atoms with Crippen molar-refractivity contribution in [1.29, 1.82) is 5.26 Å². The third-order valence-electron chi connectivity index (χ3n) is 3.66. The number of nitriles is 1. The maximum absolute atomic E-state index is 13.1. The lowest BCUT2D eigenvalue weighted by molar-refractivity contribution is -0.137. The number of amides is 1. The molecule has 0 bridgehead atoms. The van der Waals surface area contributed by atoms with Crippen LogP contribution in [0.5, 0.6) is 0 Å². The Bertz CT molecular complexity index is 860. The fourth-order valence-electron chi connectivity index (χ4n) is 2.27. The molecule has 2 aromatic rings. The first-order valence-electron chi connectivity index (χ1n) is 7.62. The molecule has 0 radical (unpaired) electrons. The number of carbonyl (C=O) groups excluding carboxylic acids is 1. The molecule has 0 unspecified atom stereocenters. The summed E-state index contributed by atoms with van der Waals surface area (Å²) in [6, 6.07) is 9.99. The van der Waals surface area contributed by atoms with Gasteiger partial charge < -0.3 is 10.6 Å². The Morgan fingerprint density at radius 1 is 1.23 bits per heavy atom. The number of alkyl halides is 3. The van der Waals surface area contributed by atoms with Gasteiger partial charge in [0.05, 0.1) is 17.2 Å². The molecule has 0 fully saturated rings. The van der Waals surface area contributed by atoms with Gasteiger partial charge in [-0.2, -0.15) is 18.4 Å². The van der Waals surface area contributed by atoms with Crippen LogP contribution < -0.4 is 10.6 Å². The Morgan fingerprint density at radius 2 is 1.96 bits per heavy atom. The first-order valence-corrected chi connectivity index (χ1v) is 8.00. The lowest BCUT2D eigenvalue weighted by Gasteiger charge is -2.15. The molecule has 1 amide bonds. The van der Waals surface area contributed by atoms with Crippen LogP contribution in [0.3, 0.4) is 0 Å². The van der Waals surface area contributed by atoms with E-state index in [9.17, 15) is 18.0 Å². The zero-order chi connectivity index (χ0) is 19.3. The molecular formula is C18H15ClF3N3O. The summed E-state index contributed by atoms with van der Waals surface area (Å²) in [5, 5.41) is 14.5. The maximum Gasteiger partial charge on any atom is 0.418 e. The summed E-state index contributed by atoms with van der Waals surface area (Å²) in [4.78, 5) is 12.0. The molecule has 2 aromatic carbocycles. The molecule has 2 N–H and O–H groups in total. The van der Waals surface area contributed by atoms with Crippen molar-refractivity contribution in [1.82, 2.24) is 0 Å². The highest BCUT2D eigenvalue weighted by Crippen LogP contribution is 2.35. The van der Waals surface area contributed by atoms with Crippen molar-refractivity contribution in [2.24, 2.45) is 0 Å². The molecule has 0 aliphatic carbocycles.